The Morgan fingerprint density at radius 2 is 1.90 bits per heavy atom. The molecule has 0 bridgehead atoms. The average molecular weight is 273 g/mol. The van der Waals surface area contributed by atoms with Crippen molar-refractivity contribution in [1.82, 2.24) is 4.98 Å². The van der Waals surface area contributed by atoms with E-state index in [9.17, 15) is 4.79 Å². The van der Waals surface area contributed by atoms with Gasteiger partial charge in [-0.15, -0.1) is 0 Å². The highest BCUT2D eigenvalue weighted by Crippen LogP contribution is 2.32. The Kier molecular flexibility index (Phi) is 4.20. The second kappa shape index (κ2) is 6.06. The van der Waals surface area contributed by atoms with Crippen molar-refractivity contribution in [2.45, 2.75) is 13.0 Å². The number of rotatable bonds is 5. The van der Waals surface area contributed by atoms with Gasteiger partial charge in [-0.1, -0.05) is 0 Å². The van der Waals surface area contributed by atoms with Crippen LogP contribution in [-0.2, 0) is 0 Å². The topological polar surface area (TPSA) is 68.7 Å². The molecule has 1 aromatic carbocycles. The molecular formula is C15H15NO4. The number of hydrogen-bond donors (Lipinski definition) is 1. The molecule has 0 spiro atoms. The van der Waals surface area contributed by atoms with Crippen LogP contribution in [0.15, 0.2) is 42.7 Å². The number of nitrogens with zero attached hydrogens (tertiary/aromatic N) is 1. The highest BCUT2D eigenvalue weighted by molar-refractivity contribution is 5.88. The van der Waals surface area contributed by atoms with Crippen molar-refractivity contribution in [3.05, 3.63) is 53.9 Å². The van der Waals surface area contributed by atoms with Crippen molar-refractivity contribution in [3.8, 4) is 11.5 Å². The third kappa shape index (κ3) is 3.06. The molecule has 0 amide bonds. The maximum Gasteiger partial charge on any atom is 0.335 e. The van der Waals surface area contributed by atoms with Gasteiger partial charge < -0.3 is 14.6 Å². The van der Waals surface area contributed by atoms with Gasteiger partial charge in [-0.25, -0.2) is 4.79 Å². The minimum atomic E-state index is -1.01. The lowest BCUT2D eigenvalue weighted by Crippen LogP contribution is -2.05. The van der Waals surface area contributed by atoms with E-state index in [2.05, 4.69) is 4.98 Å². The number of methoxy groups -OCH3 is 1. The Bertz CT molecular complexity index is 598. The lowest BCUT2D eigenvalue weighted by Gasteiger charge is -2.17. The third-order valence-corrected chi connectivity index (χ3v) is 2.89. The molecule has 0 radical (unpaired) electrons. The van der Waals surface area contributed by atoms with Gasteiger partial charge in [0.2, 0.25) is 0 Å². The molecule has 2 aromatic rings. The maximum absolute atomic E-state index is 11.0. The van der Waals surface area contributed by atoms with Crippen LogP contribution in [0.2, 0.25) is 0 Å². The Hall–Kier alpha value is -2.56. The van der Waals surface area contributed by atoms with Gasteiger partial charge in [-0.2, -0.15) is 0 Å². The molecule has 0 aliphatic carbocycles. The molecule has 1 N–H and O–H groups in total. The number of aromatic carboxylic acids is 1. The molecule has 5 nitrogen and oxygen atoms in total. The highest BCUT2D eigenvalue weighted by atomic mass is 16.5. The summed E-state index contributed by atoms with van der Waals surface area (Å²) in [5.41, 5.74) is 1.10. The zero-order chi connectivity index (χ0) is 14.5. The van der Waals surface area contributed by atoms with E-state index in [-0.39, 0.29) is 11.7 Å². The van der Waals surface area contributed by atoms with E-state index in [0.29, 0.717) is 11.5 Å². The minimum Gasteiger partial charge on any atom is -0.493 e. The number of benzene rings is 1. The van der Waals surface area contributed by atoms with Crippen LogP contribution >= 0.6 is 0 Å². The molecule has 1 heterocycles. The maximum atomic E-state index is 11.0. The summed E-state index contributed by atoms with van der Waals surface area (Å²) in [6.07, 6.45) is 3.12. The SMILES string of the molecule is COc1ccc(C(=O)O)cc1OC(C)c1ccncc1. The third-order valence-electron chi connectivity index (χ3n) is 2.89. The molecule has 1 unspecified atom stereocenters. The van der Waals surface area contributed by atoms with Crippen LogP contribution in [0, 0.1) is 0 Å². The molecule has 20 heavy (non-hydrogen) atoms. The molecule has 0 aliphatic rings. The second-order valence-electron chi connectivity index (χ2n) is 4.21. The van der Waals surface area contributed by atoms with Crippen molar-refractivity contribution >= 4 is 5.97 Å². The molecule has 2 rings (SSSR count). The first-order valence-electron chi connectivity index (χ1n) is 6.09. The number of ether oxygens (including phenoxy) is 2. The first-order valence-corrected chi connectivity index (χ1v) is 6.09. The van der Waals surface area contributed by atoms with Crippen LogP contribution < -0.4 is 9.47 Å². The molecule has 1 atom stereocenters. The predicted molar refractivity (Wildman–Crippen MR) is 73.2 cm³/mol. The van der Waals surface area contributed by atoms with Gasteiger partial charge in [0.05, 0.1) is 12.7 Å². The van der Waals surface area contributed by atoms with Crippen molar-refractivity contribution in [2.75, 3.05) is 7.11 Å². The Labute approximate surface area is 116 Å². The first-order chi connectivity index (χ1) is 9.61. The average Bonchev–Trinajstić information content (AvgIpc) is 2.48. The van der Waals surface area contributed by atoms with E-state index in [1.165, 1.54) is 19.2 Å². The summed E-state index contributed by atoms with van der Waals surface area (Å²) in [6, 6.07) is 8.21. The fourth-order valence-electron chi connectivity index (χ4n) is 1.79. The highest BCUT2D eigenvalue weighted by Gasteiger charge is 2.14. The van der Waals surface area contributed by atoms with Crippen LogP contribution in [-0.4, -0.2) is 23.2 Å². The van der Waals surface area contributed by atoms with Gasteiger partial charge in [-0.3, -0.25) is 4.98 Å². The van der Waals surface area contributed by atoms with E-state index in [0.717, 1.165) is 5.56 Å². The van der Waals surface area contributed by atoms with E-state index >= 15 is 0 Å². The molecule has 1 aromatic heterocycles. The number of aromatic nitrogens is 1. The predicted octanol–water partition coefficient (Wildman–Crippen LogP) is 2.93. The normalized spacial score (nSPS) is 11.7. The van der Waals surface area contributed by atoms with Crippen LogP contribution in [0.5, 0.6) is 11.5 Å². The quantitative estimate of drug-likeness (QED) is 0.907. The minimum absolute atomic E-state index is 0.155. The van der Waals surface area contributed by atoms with Crippen molar-refractivity contribution in [1.29, 1.82) is 0 Å². The van der Waals surface area contributed by atoms with E-state index < -0.39 is 5.97 Å². The van der Waals surface area contributed by atoms with Gasteiger partial charge >= 0.3 is 5.97 Å². The van der Waals surface area contributed by atoms with Crippen LogP contribution in [0.25, 0.3) is 0 Å². The van der Waals surface area contributed by atoms with Gasteiger partial charge in [0, 0.05) is 12.4 Å². The van der Waals surface area contributed by atoms with Crippen LogP contribution in [0.4, 0.5) is 0 Å². The molecular weight excluding hydrogens is 258 g/mol. The molecule has 0 saturated carbocycles. The fraction of sp³-hybridized carbons (Fsp3) is 0.200. The standard InChI is InChI=1S/C15H15NO4/c1-10(11-5-7-16-8-6-11)20-14-9-12(15(17)18)3-4-13(14)19-2/h3-10H,1-2H3,(H,17,18). The molecule has 0 aliphatic heterocycles. The molecule has 0 saturated heterocycles. The summed E-state index contributed by atoms with van der Waals surface area (Å²) in [4.78, 5) is 15.0. The monoisotopic (exact) mass is 273 g/mol. The number of carboxylic acid groups (broad SMARTS) is 1. The summed E-state index contributed by atoms with van der Waals surface area (Å²) in [7, 11) is 1.51. The molecule has 0 fully saturated rings. The molecule has 104 valence electrons. The largest absolute Gasteiger partial charge is 0.493 e. The van der Waals surface area contributed by atoms with Crippen molar-refractivity contribution in [2.24, 2.45) is 0 Å². The zero-order valence-electron chi connectivity index (χ0n) is 11.2. The smallest absolute Gasteiger partial charge is 0.335 e. The summed E-state index contributed by atoms with van der Waals surface area (Å²) in [6.45, 7) is 1.88. The Morgan fingerprint density at radius 1 is 1.20 bits per heavy atom. The summed E-state index contributed by atoms with van der Waals surface area (Å²) in [5.74, 6) is -0.110. The van der Waals surface area contributed by atoms with Gasteiger partial charge in [0.1, 0.15) is 6.10 Å². The molecule has 5 heteroatoms. The summed E-state index contributed by atoms with van der Waals surface area (Å²) in [5, 5.41) is 9.02. The van der Waals surface area contributed by atoms with Crippen molar-refractivity contribution < 1.29 is 19.4 Å². The summed E-state index contributed by atoms with van der Waals surface area (Å²) >= 11 is 0. The van der Waals surface area contributed by atoms with E-state index in [1.54, 1.807) is 18.5 Å². The summed E-state index contributed by atoms with van der Waals surface area (Å²) < 4.78 is 11.0. The van der Waals surface area contributed by atoms with Gasteiger partial charge in [0.25, 0.3) is 0 Å². The number of pyridine rings is 1. The van der Waals surface area contributed by atoms with E-state index in [4.69, 9.17) is 14.6 Å². The van der Waals surface area contributed by atoms with Crippen LogP contribution in [0.1, 0.15) is 28.9 Å². The number of carbonyl (C=O) groups is 1. The zero-order valence-corrected chi connectivity index (χ0v) is 11.2. The lowest BCUT2D eigenvalue weighted by atomic mass is 10.1. The van der Waals surface area contributed by atoms with Gasteiger partial charge in [0.15, 0.2) is 11.5 Å². The fourth-order valence-corrected chi connectivity index (χ4v) is 1.79. The van der Waals surface area contributed by atoms with E-state index in [1.807, 2.05) is 19.1 Å². The lowest BCUT2D eigenvalue weighted by molar-refractivity contribution is 0.0696. The number of carboxylic acids is 1. The van der Waals surface area contributed by atoms with Crippen LogP contribution in [0.3, 0.4) is 0 Å². The second-order valence-corrected chi connectivity index (χ2v) is 4.21. The number of hydrogen-bond acceptors (Lipinski definition) is 4. The Balaban J connectivity index is 2.27. The Morgan fingerprint density at radius 3 is 2.50 bits per heavy atom. The van der Waals surface area contributed by atoms with Crippen molar-refractivity contribution in [3.63, 3.8) is 0 Å². The first kappa shape index (κ1) is 13.9. The van der Waals surface area contributed by atoms with Gasteiger partial charge in [-0.05, 0) is 42.8 Å².